The molecule has 0 aliphatic rings. The fourth-order valence-corrected chi connectivity index (χ4v) is 2.67. The molecule has 0 aliphatic carbocycles. The lowest BCUT2D eigenvalue weighted by Gasteiger charge is -2.19. The molecule has 0 bridgehead atoms. The lowest BCUT2D eigenvalue weighted by molar-refractivity contribution is 0.146. The third-order valence-electron chi connectivity index (χ3n) is 2.09. The number of terminal acetylenes is 1. The quantitative estimate of drug-likeness (QED) is 0.771. The monoisotopic (exact) mass is 220 g/mol. The molecule has 2 aromatic rings. The summed E-state index contributed by atoms with van der Waals surface area (Å²) in [5, 5.41) is 17.9. The van der Waals surface area contributed by atoms with Crippen molar-refractivity contribution in [2.24, 2.45) is 0 Å². The standard InChI is InChI=1S/C11H8OS2/c1-2-11(12,9-3-5-13-7-9)10-4-6-14-8-10/h1,3-8,12H. The van der Waals surface area contributed by atoms with Gasteiger partial charge < -0.3 is 5.11 Å². The molecule has 1 N–H and O–H groups in total. The average molecular weight is 220 g/mol. The van der Waals surface area contributed by atoms with Crippen molar-refractivity contribution in [2.75, 3.05) is 0 Å². The third kappa shape index (κ3) is 1.38. The summed E-state index contributed by atoms with van der Waals surface area (Å²) in [6, 6.07) is 3.70. The van der Waals surface area contributed by atoms with Gasteiger partial charge in [0.15, 0.2) is 5.60 Å². The molecular weight excluding hydrogens is 212 g/mol. The Morgan fingerprint density at radius 2 is 1.64 bits per heavy atom. The van der Waals surface area contributed by atoms with Crippen LogP contribution in [0.15, 0.2) is 33.7 Å². The normalized spacial score (nSPS) is 11.1. The van der Waals surface area contributed by atoms with Gasteiger partial charge in [-0.15, -0.1) is 6.42 Å². The topological polar surface area (TPSA) is 20.2 Å². The van der Waals surface area contributed by atoms with E-state index < -0.39 is 5.60 Å². The highest BCUT2D eigenvalue weighted by molar-refractivity contribution is 7.08. The Bertz CT molecular complexity index is 400. The van der Waals surface area contributed by atoms with Crippen molar-refractivity contribution in [3.05, 3.63) is 44.8 Å². The molecule has 70 valence electrons. The average Bonchev–Trinajstić information content (AvgIpc) is 2.88. The van der Waals surface area contributed by atoms with Gasteiger partial charge in [-0.25, -0.2) is 0 Å². The van der Waals surface area contributed by atoms with E-state index in [-0.39, 0.29) is 0 Å². The molecule has 2 heterocycles. The van der Waals surface area contributed by atoms with Gasteiger partial charge in [-0.3, -0.25) is 0 Å². The maximum atomic E-state index is 10.3. The fraction of sp³-hybridized carbons (Fsp3) is 0.0909. The first-order chi connectivity index (χ1) is 6.77. The van der Waals surface area contributed by atoms with E-state index in [4.69, 9.17) is 6.42 Å². The van der Waals surface area contributed by atoms with Crippen LogP contribution >= 0.6 is 22.7 Å². The zero-order chi connectivity index (χ0) is 10.0. The van der Waals surface area contributed by atoms with Crippen LogP contribution in [0.2, 0.25) is 0 Å². The molecule has 1 nitrogen and oxygen atoms in total. The molecule has 0 aliphatic heterocycles. The van der Waals surface area contributed by atoms with Crippen molar-refractivity contribution >= 4 is 22.7 Å². The molecule has 0 aromatic carbocycles. The third-order valence-corrected chi connectivity index (χ3v) is 3.45. The largest absolute Gasteiger partial charge is 0.369 e. The minimum Gasteiger partial charge on any atom is -0.369 e. The molecular formula is C11H8OS2. The van der Waals surface area contributed by atoms with Crippen LogP contribution in [-0.2, 0) is 5.60 Å². The number of hydrogen-bond donors (Lipinski definition) is 1. The summed E-state index contributed by atoms with van der Waals surface area (Å²) >= 11 is 3.05. The molecule has 0 fully saturated rings. The van der Waals surface area contributed by atoms with E-state index in [0.29, 0.717) is 0 Å². The Balaban J connectivity index is 2.52. The van der Waals surface area contributed by atoms with Crippen molar-refractivity contribution < 1.29 is 5.11 Å². The summed E-state index contributed by atoms with van der Waals surface area (Å²) in [6.07, 6.45) is 5.40. The van der Waals surface area contributed by atoms with Gasteiger partial charge in [-0.1, -0.05) is 5.92 Å². The lowest BCUT2D eigenvalue weighted by Crippen LogP contribution is -2.23. The van der Waals surface area contributed by atoms with Crippen molar-refractivity contribution in [2.45, 2.75) is 5.60 Å². The summed E-state index contributed by atoms with van der Waals surface area (Å²) in [5.41, 5.74) is 0.270. The molecule has 0 amide bonds. The fourth-order valence-electron chi connectivity index (χ4n) is 1.27. The van der Waals surface area contributed by atoms with E-state index >= 15 is 0 Å². The predicted octanol–water partition coefficient (Wildman–Crippen LogP) is 2.68. The Hall–Kier alpha value is -1.08. The number of thiophene rings is 2. The van der Waals surface area contributed by atoms with Gasteiger partial charge in [-0.05, 0) is 33.7 Å². The minimum absolute atomic E-state index is 0.767. The SMILES string of the molecule is C#CC(O)(c1ccsc1)c1ccsc1. The second kappa shape index (κ2) is 3.58. The van der Waals surface area contributed by atoms with E-state index in [2.05, 4.69) is 5.92 Å². The van der Waals surface area contributed by atoms with Gasteiger partial charge in [0.1, 0.15) is 0 Å². The highest BCUT2D eigenvalue weighted by Gasteiger charge is 2.29. The van der Waals surface area contributed by atoms with Crippen LogP contribution in [0.5, 0.6) is 0 Å². The first-order valence-electron chi connectivity index (χ1n) is 4.03. The van der Waals surface area contributed by atoms with E-state index in [0.717, 1.165) is 11.1 Å². The highest BCUT2D eigenvalue weighted by Crippen LogP contribution is 2.31. The van der Waals surface area contributed by atoms with E-state index in [1.807, 2.05) is 33.7 Å². The van der Waals surface area contributed by atoms with Crippen LogP contribution < -0.4 is 0 Å². The van der Waals surface area contributed by atoms with Gasteiger partial charge in [0.2, 0.25) is 0 Å². The van der Waals surface area contributed by atoms with Gasteiger partial charge in [0, 0.05) is 11.1 Å². The van der Waals surface area contributed by atoms with E-state index in [1.165, 1.54) is 22.7 Å². The second-order valence-corrected chi connectivity index (χ2v) is 4.44. The minimum atomic E-state index is -1.26. The molecule has 14 heavy (non-hydrogen) atoms. The summed E-state index contributed by atoms with van der Waals surface area (Å²) in [5.74, 6) is 2.45. The Morgan fingerprint density at radius 1 is 1.14 bits per heavy atom. The van der Waals surface area contributed by atoms with Crippen molar-refractivity contribution in [3.8, 4) is 12.3 Å². The van der Waals surface area contributed by atoms with Gasteiger partial charge in [0.05, 0.1) is 0 Å². The molecule has 0 spiro atoms. The van der Waals surface area contributed by atoms with Gasteiger partial charge in [0.25, 0.3) is 0 Å². The zero-order valence-electron chi connectivity index (χ0n) is 7.31. The van der Waals surface area contributed by atoms with Crippen LogP contribution in [0, 0.1) is 12.3 Å². The molecule has 3 heteroatoms. The smallest absolute Gasteiger partial charge is 0.178 e. The van der Waals surface area contributed by atoms with E-state index in [9.17, 15) is 5.11 Å². The first-order valence-corrected chi connectivity index (χ1v) is 5.91. The van der Waals surface area contributed by atoms with Crippen molar-refractivity contribution in [1.29, 1.82) is 0 Å². The Morgan fingerprint density at radius 3 is 1.93 bits per heavy atom. The summed E-state index contributed by atoms with van der Waals surface area (Å²) in [4.78, 5) is 0. The lowest BCUT2D eigenvalue weighted by atomic mass is 9.91. The van der Waals surface area contributed by atoms with Crippen LogP contribution in [0.4, 0.5) is 0 Å². The highest BCUT2D eigenvalue weighted by atomic mass is 32.1. The van der Waals surface area contributed by atoms with Crippen LogP contribution in [-0.4, -0.2) is 5.11 Å². The summed E-state index contributed by atoms with van der Waals surface area (Å²) in [7, 11) is 0. The van der Waals surface area contributed by atoms with Crippen LogP contribution in [0.25, 0.3) is 0 Å². The molecule has 2 aromatic heterocycles. The second-order valence-electron chi connectivity index (χ2n) is 2.88. The van der Waals surface area contributed by atoms with Crippen LogP contribution in [0.3, 0.4) is 0 Å². The van der Waals surface area contributed by atoms with E-state index in [1.54, 1.807) is 0 Å². The molecule has 0 saturated heterocycles. The number of rotatable bonds is 2. The molecule has 0 unspecified atom stereocenters. The molecule has 0 saturated carbocycles. The maximum absolute atomic E-state index is 10.3. The summed E-state index contributed by atoms with van der Waals surface area (Å²) in [6.45, 7) is 0. The maximum Gasteiger partial charge on any atom is 0.178 e. The zero-order valence-corrected chi connectivity index (χ0v) is 8.94. The molecule has 0 atom stereocenters. The van der Waals surface area contributed by atoms with Crippen molar-refractivity contribution in [1.82, 2.24) is 0 Å². The Labute approximate surface area is 90.7 Å². The number of hydrogen-bond acceptors (Lipinski definition) is 3. The van der Waals surface area contributed by atoms with Gasteiger partial charge >= 0.3 is 0 Å². The first kappa shape index (κ1) is 9.47. The van der Waals surface area contributed by atoms with Crippen LogP contribution in [0.1, 0.15) is 11.1 Å². The molecule has 2 rings (SSSR count). The van der Waals surface area contributed by atoms with Crippen molar-refractivity contribution in [3.63, 3.8) is 0 Å². The predicted molar refractivity (Wildman–Crippen MR) is 60.5 cm³/mol. The molecule has 0 radical (unpaired) electrons. The Kier molecular flexibility index (Phi) is 2.42. The number of aliphatic hydroxyl groups is 1. The van der Waals surface area contributed by atoms with Gasteiger partial charge in [-0.2, -0.15) is 22.7 Å². The summed E-state index contributed by atoms with van der Waals surface area (Å²) < 4.78 is 0.